The molecule has 0 unspecified atom stereocenters. The molecule has 0 saturated carbocycles. The van der Waals surface area contributed by atoms with Gasteiger partial charge in [-0.05, 0) is 41.7 Å². The van der Waals surface area contributed by atoms with Crippen molar-refractivity contribution in [3.8, 4) is 5.75 Å². The van der Waals surface area contributed by atoms with Crippen LogP contribution in [0.5, 0.6) is 5.75 Å². The van der Waals surface area contributed by atoms with Gasteiger partial charge in [-0.25, -0.2) is 0 Å². The minimum absolute atomic E-state index is 0.0799. The van der Waals surface area contributed by atoms with E-state index in [1.807, 2.05) is 19.9 Å². The summed E-state index contributed by atoms with van der Waals surface area (Å²) in [5, 5.41) is 2.91. The van der Waals surface area contributed by atoms with Crippen molar-refractivity contribution in [2.45, 2.75) is 46.6 Å². The molecule has 0 aromatic heterocycles. The standard InChI is InChI=1S/C15H23NO2/c1-6-15(17)16-9-12-8-13(10(2)3)14(18-5)7-11(12)4/h7-8,10H,6,9H2,1-5H3,(H,16,17). The SMILES string of the molecule is CCC(=O)NCc1cc(C(C)C)c(OC)cc1C. The van der Waals surface area contributed by atoms with E-state index < -0.39 is 0 Å². The van der Waals surface area contributed by atoms with E-state index in [4.69, 9.17) is 4.74 Å². The van der Waals surface area contributed by atoms with Crippen molar-refractivity contribution < 1.29 is 9.53 Å². The first-order valence-electron chi connectivity index (χ1n) is 6.43. The number of ether oxygens (including phenoxy) is 1. The van der Waals surface area contributed by atoms with E-state index >= 15 is 0 Å². The molecule has 0 fully saturated rings. The summed E-state index contributed by atoms with van der Waals surface area (Å²) in [6.07, 6.45) is 0.520. The molecule has 1 aromatic carbocycles. The predicted octanol–water partition coefficient (Wildman–Crippen LogP) is 3.15. The minimum atomic E-state index is 0.0799. The maximum Gasteiger partial charge on any atom is 0.219 e. The third-order valence-corrected chi connectivity index (χ3v) is 3.11. The zero-order valence-corrected chi connectivity index (χ0v) is 12.0. The number of amides is 1. The van der Waals surface area contributed by atoms with Crippen molar-refractivity contribution in [3.63, 3.8) is 0 Å². The molecule has 0 aliphatic carbocycles. The molecule has 0 radical (unpaired) electrons. The third-order valence-electron chi connectivity index (χ3n) is 3.11. The van der Waals surface area contributed by atoms with E-state index in [0.717, 1.165) is 16.9 Å². The second kappa shape index (κ2) is 6.43. The Labute approximate surface area is 110 Å². The van der Waals surface area contributed by atoms with E-state index in [-0.39, 0.29) is 5.91 Å². The molecule has 0 heterocycles. The highest BCUT2D eigenvalue weighted by molar-refractivity contribution is 5.75. The fraction of sp³-hybridized carbons (Fsp3) is 0.533. The van der Waals surface area contributed by atoms with E-state index in [0.29, 0.717) is 18.9 Å². The Hall–Kier alpha value is -1.51. The smallest absolute Gasteiger partial charge is 0.219 e. The molecular weight excluding hydrogens is 226 g/mol. The maximum absolute atomic E-state index is 11.3. The van der Waals surface area contributed by atoms with Crippen molar-refractivity contribution >= 4 is 5.91 Å². The summed E-state index contributed by atoms with van der Waals surface area (Å²) in [5.41, 5.74) is 3.48. The summed E-state index contributed by atoms with van der Waals surface area (Å²) in [6, 6.07) is 4.18. The number of benzene rings is 1. The maximum atomic E-state index is 11.3. The van der Waals surface area contributed by atoms with E-state index in [1.165, 1.54) is 5.56 Å². The summed E-state index contributed by atoms with van der Waals surface area (Å²) < 4.78 is 5.40. The van der Waals surface area contributed by atoms with Crippen LogP contribution >= 0.6 is 0 Å². The average molecular weight is 249 g/mol. The number of methoxy groups -OCH3 is 1. The Morgan fingerprint density at radius 3 is 2.56 bits per heavy atom. The molecule has 3 nitrogen and oxygen atoms in total. The molecule has 1 N–H and O–H groups in total. The lowest BCUT2D eigenvalue weighted by Gasteiger charge is -2.16. The lowest BCUT2D eigenvalue weighted by molar-refractivity contribution is -0.120. The quantitative estimate of drug-likeness (QED) is 0.870. The van der Waals surface area contributed by atoms with Crippen molar-refractivity contribution in [2.75, 3.05) is 7.11 Å². The largest absolute Gasteiger partial charge is 0.496 e. The molecule has 100 valence electrons. The summed E-state index contributed by atoms with van der Waals surface area (Å²) in [6.45, 7) is 8.77. The van der Waals surface area contributed by atoms with Crippen LogP contribution in [0.1, 0.15) is 49.8 Å². The molecule has 18 heavy (non-hydrogen) atoms. The summed E-state index contributed by atoms with van der Waals surface area (Å²) in [5.74, 6) is 1.41. The van der Waals surface area contributed by atoms with Crippen molar-refractivity contribution in [3.05, 3.63) is 28.8 Å². The molecule has 0 aliphatic rings. The number of hydrogen-bond acceptors (Lipinski definition) is 2. The van der Waals surface area contributed by atoms with Gasteiger partial charge in [0.05, 0.1) is 7.11 Å². The van der Waals surface area contributed by atoms with E-state index in [2.05, 4.69) is 25.2 Å². The molecule has 0 spiro atoms. The van der Waals surface area contributed by atoms with Crippen LogP contribution in [0.25, 0.3) is 0 Å². The van der Waals surface area contributed by atoms with Gasteiger partial charge in [-0.1, -0.05) is 20.8 Å². The van der Waals surface area contributed by atoms with Crippen LogP contribution < -0.4 is 10.1 Å². The molecule has 0 atom stereocenters. The second-order valence-corrected chi connectivity index (χ2v) is 4.81. The Kier molecular flexibility index (Phi) is 5.20. The average Bonchev–Trinajstić information content (AvgIpc) is 2.35. The molecular formula is C15H23NO2. The first-order valence-corrected chi connectivity index (χ1v) is 6.43. The zero-order chi connectivity index (χ0) is 13.7. The highest BCUT2D eigenvalue weighted by Crippen LogP contribution is 2.29. The molecule has 0 bridgehead atoms. The van der Waals surface area contributed by atoms with Crippen LogP contribution in [-0.4, -0.2) is 13.0 Å². The number of aryl methyl sites for hydroxylation is 1. The van der Waals surface area contributed by atoms with E-state index in [1.54, 1.807) is 7.11 Å². The van der Waals surface area contributed by atoms with Crippen LogP contribution in [-0.2, 0) is 11.3 Å². The van der Waals surface area contributed by atoms with Crippen molar-refractivity contribution in [1.29, 1.82) is 0 Å². The van der Waals surface area contributed by atoms with Crippen LogP contribution in [0.15, 0.2) is 12.1 Å². The molecule has 3 heteroatoms. The fourth-order valence-electron chi connectivity index (χ4n) is 1.88. The highest BCUT2D eigenvalue weighted by Gasteiger charge is 2.11. The van der Waals surface area contributed by atoms with Gasteiger partial charge >= 0.3 is 0 Å². The summed E-state index contributed by atoms with van der Waals surface area (Å²) in [4.78, 5) is 11.3. The van der Waals surface area contributed by atoms with Gasteiger partial charge in [0.1, 0.15) is 5.75 Å². The van der Waals surface area contributed by atoms with Gasteiger partial charge < -0.3 is 10.1 Å². The van der Waals surface area contributed by atoms with Gasteiger partial charge in [0, 0.05) is 13.0 Å². The Morgan fingerprint density at radius 1 is 1.39 bits per heavy atom. The minimum Gasteiger partial charge on any atom is -0.496 e. The molecule has 0 saturated heterocycles. The summed E-state index contributed by atoms with van der Waals surface area (Å²) in [7, 11) is 1.69. The number of rotatable bonds is 5. The third kappa shape index (κ3) is 3.49. The Balaban J connectivity index is 2.98. The fourth-order valence-corrected chi connectivity index (χ4v) is 1.88. The number of nitrogens with one attached hydrogen (secondary N) is 1. The van der Waals surface area contributed by atoms with Crippen molar-refractivity contribution in [2.24, 2.45) is 0 Å². The number of hydrogen-bond donors (Lipinski definition) is 1. The molecule has 1 rings (SSSR count). The lowest BCUT2D eigenvalue weighted by atomic mass is 9.96. The first kappa shape index (κ1) is 14.6. The highest BCUT2D eigenvalue weighted by atomic mass is 16.5. The van der Waals surface area contributed by atoms with Crippen LogP contribution in [0.2, 0.25) is 0 Å². The Morgan fingerprint density at radius 2 is 2.06 bits per heavy atom. The second-order valence-electron chi connectivity index (χ2n) is 4.81. The topological polar surface area (TPSA) is 38.3 Å². The van der Waals surface area contributed by atoms with Gasteiger partial charge in [0.25, 0.3) is 0 Å². The molecule has 1 aromatic rings. The van der Waals surface area contributed by atoms with Gasteiger partial charge in [-0.2, -0.15) is 0 Å². The van der Waals surface area contributed by atoms with Gasteiger partial charge in [0.15, 0.2) is 0 Å². The number of carbonyl (C=O) groups excluding carboxylic acids is 1. The normalized spacial score (nSPS) is 10.6. The number of carbonyl (C=O) groups is 1. The predicted molar refractivity (Wildman–Crippen MR) is 74.0 cm³/mol. The Bertz CT molecular complexity index is 425. The van der Waals surface area contributed by atoms with Crippen LogP contribution in [0, 0.1) is 6.92 Å². The van der Waals surface area contributed by atoms with Gasteiger partial charge in [-0.15, -0.1) is 0 Å². The zero-order valence-electron chi connectivity index (χ0n) is 12.0. The molecule has 0 aliphatic heterocycles. The van der Waals surface area contributed by atoms with E-state index in [9.17, 15) is 4.79 Å². The first-order chi connectivity index (χ1) is 8.49. The monoisotopic (exact) mass is 249 g/mol. The van der Waals surface area contributed by atoms with Crippen LogP contribution in [0.4, 0.5) is 0 Å². The summed E-state index contributed by atoms with van der Waals surface area (Å²) >= 11 is 0. The van der Waals surface area contributed by atoms with Crippen molar-refractivity contribution in [1.82, 2.24) is 5.32 Å². The van der Waals surface area contributed by atoms with Gasteiger partial charge in [0.2, 0.25) is 5.91 Å². The van der Waals surface area contributed by atoms with Crippen LogP contribution in [0.3, 0.4) is 0 Å². The lowest BCUT2D eigenvalue weighted by Crippen LogP contribution is -2.22. The van der Waals surface area contributed by atoms with Gasteiger partial charge in [-0.3, -0.25) is 4.79 Å². The molecule has 1 amide bonds.